The molecule has 0 aliphatic heterocycles. The minimum absolute atomic E-state index is 0.0474. The number of tetrazole rings is 1. The van der Waals surface area contributed by atoms with Gasteiger partial charge in [-0.15, -0.1) is 10.2 Å². The van der Waals surface area contributed by atoms with Gasteiger partial charge in [0.15, 0.2) is 0 Å². The molecule has 2 aromatic rings. The van der Waals surface area contributed by atoms with Crippen LogP contribution in [-0.2, 0) is 13.5 Å². The largest absolute Gasteiger partial charge is 0.349 e. The van der Waals surface area contributed by atoms with Crippen LogP contribution in [0.25, 0.3) is 0 Å². The van der Waals surface area contributed by atoms with Crippen LogP contribution in [0.3, 0.4) is 0 Å². The summed E-state index contributed by atoms with van der Waals surface area (Å²) in [5.41, 5.74) is 1.07. The molecule has 8 nitrogen and oxygen atoms in total. The molecule has 1 amide bonds. The van der Waals surface area contributed by atoms with Gasteiger partial charge in [-0.2, -0.15) is 10.3 Å². The molecule has 16 heavy (non-hydrogen) atoms. The van der Waals surface area contributed by atoms with Crippen LogP contribution in [-0.4, -0.2) is 42.9 Å². The maximum atomic E-state index is 11.4. The summed E-state index contributed by atoms with van der Waals surface area (Å²) in [4.78, 5) is 11.4. The van der Waals surface area contributed by atoms with Crippen molar-refractivity contribution in [1.82, 2.24) is 35.7 Å². The Bertz CT molecular complexity index is 460. The van der Waals surface area contributed by atoms with Crippen molar-refractivity contribution in [1.29, 1.82) is 0 Å². The zero-order valence-electron chi connectivity index (χ0n) is 8.71. The van der Waals surface area contributed by atoms with Crippen molar-refractivity contribution in [2.45, 2.75) is 6.42 Å². The van der Waals surface area contributed by atoms with E-state index in [2.05, 4.69) is 31.0 Å². The van der Waals surface area contributed by atoms with Gasteiger partial charge in [-0.3, -0.25) is 9.48 Å². The highest BCUT2D eigenvalue weighted by Gasteiger charge is 2.09. The molecule has 0 unspecified atom stereocenters. The predicted octanol–water partition coefficient (Wildman–Crippen LogP) is -1.09. The summed E-state index contributed by atoms with van der Waals surface area (Å²) in [5, 5.41) is 19.4. The first-order valence-electron chi connectivity index (χ1n) is 4.75. The molecule has 2 aromatic heterocycles. The molecule has 0 aliphatic rings. The molecule has 84 valence electrons. The molecule has 0 aliphatic carbocycles. The van der Waals surface area contributed by atoms with Gasteiger partial charge in [-0.25, -0.2) is 0 Å². The van der Waals surface area contributed by atoms with Gasteiger partial charge in [-0.1, -0.05) is 0 Å². The van der Waals surface area contributed by atoms with E-state index < -0.39 is 0 Å². The summed E-state index contributed by atoms with van der Waals surface area (Å²) in [6.07, 6.45) is 4.39. The molecule has 0 spiro atoms. The van der Waals surface area contributed by atoms with E-state index in [1.165, 1.54) is 0 Å². The summed E-state index contributed by atoms with van der Waals surface area (Å²) in [6.45, 7) is 0.513. The Morgan fingerprint density at radius 1 is 1.62 bits per heavy atom. The average molecular weight is 221 g/mol. The topological polar surface area (TPSA) is 101 Å². The summed E-state index contributed by atoms with van der Waals surface area (Å²) >= 11 is 0. The van der Waals surface area contributed by atoms with Crippen molar-refractivity contribution in [2.24, 2.45) is 7.05 Å². The molecule has 2 N–H and O–H groups in total. The zero-order valence-corrected chi connectivity index (χ0v) is 8.71. The summed E-state index contributed by atoms with van der Waals surface area (Å²) in [6, 6.07) is 0. The molecule has 2 heterocycles. The van der Waals surface area contributed by atoms with Gasteiger partial charge in [0.1, 0.15) is 0 Å². The fraction of sp³-hybridized carbons (Fsp3) is 0.375. The molecule has 2 rings (SSSR count). The zero-order chi connectivity index (χ0) is 11.4. The molecule has 0 aromatic carbocycles. The molecule has 8 heteroatoms. The van der Waals surface area contributed by atoms with Crippen molar-refractivity contribution in [3.05, 3.63) is 23.8 Å². The third kappa shape index (κ3) is 2.41. The molecule has 0 saturated heterocycles. The number of carbonyl (C=O) groups is 1. The number of aromatic nitrogens is 6. The number of aromatic amines is 1. The third-order valence-corrected chi connectivity index (χ3v) is 2.01. The monoisotopic (exact) mass is 221 g/mol. The average Bonchev–Trinajstić information content (AvgIpc) is 2.89. The Hall–Kier alpha value is -2.25. The van der Waals surface area contributed by atoms with E-state index in [0.29, 0.717) is 6.54 Å². The molecule has 0 bridgehead atoms. The van der Waals surface area contributed by atoms with Crippen LogP contribution < -0.4 is 5.32 Å². The van der Waals surface area contributed by atoms with E-state index in [1.54, 1.807) is 10.9 Å². The molecule has 0 atom stereocenters. The standard InChI is InChI=1S/C8H11N7O/c1-15-5-6(4-10-15)2-3-9-8(16)7-11-13-14-12-7/h4-5H,2-3H2,1H3,(H,9,16)(H,11,12,13,14). The Balaban J connectivity index is 1.78. The fourth-order valence-electron chi connectivity index (χ4n) is 1.26. The number of nitrogens with zero attached hydrogens (tertiary/aromatic N) is 5. The van der Waals surface area contributed by atoms with Gasteiger partial charge < -0.3 is 5.32 Å². The second kappa shape index (κ2) is 4.51. The fourth-order valence-corrected chi connectivity index (χ4v) is 1.26. The first-order chi connectivity index (χ1) is 7.75. The predicted molar refractivity (Wildman–Crippen MR) is 53.4 cm³/mol. The van der Waals surface area contributed by atoms with Crippen LogP contribution >= 0.6 is 0 Å². The summed E-state index contributed by atoms with van der Waals surface area (Å²) < 4.78 is 1.72. The minimum atomic E-state index is -0.336. The molecular formula is C8H11N7O. The first kappa shape index (κ1) is 10.3. The smallest absolute Gasteiger partial charge is 0.292 e. The molecule has 0 saturated carbocycles. The lowest BCUT2D eigenvalue weighted by molar-refractivity contribution is 0.0944. The van der Waals surface area contributed by atoms with Gasteiger partial charge in [-0.05, 0) is 17.2 Å². The lowest BCUT2D eigenvalue weighted by Gasteiger charge is -1.99. The van der Waals surface area contributed by atoms with Crippen LogP contribution in [0.15, 0.2) is 12.4 Å². The highest BCUT2D eigenvalue weighted by Crippen LogP contribution is 1.96. The van der Waals surface area contributed by atoms with Gasteiger partial charge in [0.25, 0.3) is 11.7 Å². The van der Waals surface area contributed by atoms with Crippen molar-refractivity contribution in [3.63, 3.8) is 0 Å². The van der Waals surface area contributed by atoms with E-state index >= 15 is 0 Å². The van der Waals surface area contributed by atoms with Crippen LogP contribution in [0.2, 0.25) is 0 Å². The van der Waals surface area contributed by atoms with Crippen molar-refractivity contribution in [2.75, 3.05) is 6.54 Å². The Kier molecular flexibility index (Phi) is 2.90. The quantitative estimate of drug-likeness (QED) is 0.682. The Labute approximate surface area is 91.0 Å². The van der Waals surface area contributed by atoms with E-state index in [0.717, 1.165) is 12.0 Å². The minimum Gasteiger partial charge on any atom is -0.349 e. The van der Waals surface area contributed by atoms with Crippen LogP contribution in [0.4, 0.5) is 0 Å². The van der Waals surface area contributed by atoms with Crippen molar-refractivity contribution in [3.8, 4) is 0 Å². The summed E-state index contributed by atoms with van der Waals surface area (Å²) in [7, 11) is 1.85. The van der Waals surface area contributed by atoms with Crippen LogP contribution in [0.1, 0.15) is 16.2 Å². The number of nitrogens with one attached hydrogen (secondary N) is 2. The molecular weight excluding hydrogens is 210 g/mol. The van der Waals surface area contributed by atoms with Gasteiger partial charge in [0.05, 0.1) is 6.20 Å². The van der Waals surface area contributed by atoms with Crippen molar-refractivity contribution < 1.29 is 4.79 Å². The number of hydrogen-bond donors (Lipinski definition) is 2. The highest BCUT2D eigenvalue weighted by molar-refractivity contribution is 5.89. The van der Waals surface area contributed by atoms with E-state index in [-0.39, 0.29) is 11.7 Å². The van der Waals surface area contributed by atoms with Crippen LogP contribution in [0, 0.1) is 0 Å². The van der Waals surface area contributed by atoms with E-state index in [4.69, 9.17) is 0 Å². The lowest BCUT2D eigenvalue weighted by Crippen LogP contribution is -2.26. The third-order valence-electron chi connectivity index (χ3n) is 2.01. The van der Waals surface area contributed by atoms with E-state index in [1.807, 2.05) is 13.2 Å². The number of hydrogen-bond acceptors (Lipinski definition) is 5. The van der Waals surface area contributed by atoms with Crippen LogP contribution in [0.5, 0.6) is 0 Å². The van der Waals surface area contributed by atoms with Gasteiger partial charge in [0, 0.05) is 19.8 Å². The highest BCUT2D eigenvalue weighted by atomic mass is 16.2. The number of rotatable bonds is 4. The normalized spacial score (nSPS) is 10.3. The van der Waals surface area contributed by atoms with Crippen molar-refractivity contribution >= 4 is 5.91 Å². The van der Waals surface area contributed by atoms with E-state index in [9.17, 15) is 4.79 Å². The van der Waals surface area contributed by atoms with Gasteiger partial charge in [0.2, 0.25) is 0 Å². The number of amides is 1. The maximum absolute atomic E-state index is 11.4. The first-order valence-corrected chi connectivity index (χ1v) is 4.75. The molecule has 0 fully saturated rings. The lowest BCUT2D eigenvalue weighted by atomic mass is 10.2. The number of carbonyl (C=O) groups excluding carboxylic acids is 1. The molecule has 0 radical (unpaired) electrons. The Morgan fingerprint density at radius 3 is 3.12 bits per heavy atom. The summed E-state index contributed by atoms with van der Waals surface area (Å²) in [5.74, 6) is -0.288. The van der Waals surface area contributed by atoms with Gasteiger partial charge >= 0.3 is 0 Å². The second-order valence-electron chi connectivity index (χ2n) is 3.26. The Morgan fingerprint density at radius 2 is 2.50 bits per heavy atom. The SMILES string of the molecule is Cn1cc(CCNC(=O)c2nn[nH]n2)cn1. The number of aryl methyl sites for hydroxylation is 1. The number of H-pyrrole nitrogens is 1. The second-order valence-corrected chi connectivity index (χ2v) is 3.26. The maximum Gasteiger partial charge on any atom is 0.292 e.